The monoisotopic (exact) mass is 218 g/mol. The van der Waals surface area contributed by atoms with Gasteiger partial charge in [-0.05, 0) is 30.7 Å². The molecule has 1 aliphatic rings. The van der Waals surface area contributed by atoms with Crippen LogP contribution in [-0.4, -0.2) is 37.2 Å². The van der Waals surface area contributed by atoms with Crippen LogP contribution >= 0.6 is 0 Å². The van der Waals surface area contributed by atoms with Crippen molar-refractivity contribution in [3.05, 3.63) is 35.9 Å². The maximum atomic E-state index is 2.43. The Morgan fingerprint density at radius 2 is 1.75 bits per heavy atom. The molecule has 2 heteroatoms. The lowest BCUT2D eigenvalue weighted by molar-refractivity contribution is -0.00629. The van der Waals surface area contributed by atoms with E-state index in [1.807, 2.05) is 0 Å². The minimum absolute atomic E-state index is 0.874. The van der Waals surface area contributed by atoms with E-state index < -0.39 is 0 Å². The van der Waals surface area contributed by atoms with Crippen LogP contribution in [0.2, 0.25) is 0 Å². The molecule has 0 amide bonds. The summed E-state index contributed by atoms with van der Waals surface area (Å²) < 4.78 is 0. The topological polar surface area (TPSA) is 6.48 Å². The molecule has 16 heavy (non-hydrogen) atoms. The smallest absolute Gasteiger partial charge is 0.0135 e. The zero-order valence-electron chi connectivity index (χ0n) is 10.4. The van der Waals surface area contributed by atoms with Crippen LogP contribution in [0.1, 0.15) is 18.4 Å². The molecule has 1 fully saturated rings. The summed E-state index contributed by atoms with van der Waals surface area (Å²) in [6, 6.07) is 10.9. The molecule has 1 saturated heterocycles. The van der Waals surface area contributed by atoms with E-state index >= 15 is 0 Å². The van der Waals surface area contributed by atoms with E-state index in [0.717, 1.165) is 5.92 Å². The quantitative estimate of drug-likeness (QED) is 0.769. The highest BCUT2D eigenvalue weighted by Gasteiger charge is 2.20. The number of hydrogen-bond acceptors (Lipinski definition) is 2. The average molecular weight is 218 g/mol. The molecule has 0 bridgehead atoms. The number of nitrogens with zero attached hydrogens (tertiary/aromatic N) is 2. The molecule has 88 valence electrons. The fourth-order valence-electron chi connectivity index (χ4n) is 2.47. The normalized spacial score (nSPS) is 19.2. The third-order valence-electron chi connectivity index (χ3n) is 3.52. The molecule has 1 heterocycles. The summed E-state index contributed by atoms with van der Waals surface area (Å²) in [6.07, 6.45) is 3.91. The van der Waals surface area contributed by atoms with Gasteiger partial charge < -0.3 is 0 Å². The van der Waals surface area contributed by atoms with Crippen LogP contribution < -0.4 is 0 Å². The zero-order chi connectivity index (χ0) is 11.4. The summed E-state index contributed by atoms with van der Waals surface area (Å²) in [6.45, 7) is 2.43. The largest absolute Gasteiger partial charge is 0.248 e. The third-order valence-corrected chi connectivity index (χ3v) is 3.52. The number of hydrogen-bond donors (Lipinski definition) is 0. The van der Waals surface area contributed by atoms with Gasteiger partial charge in [-0.15, -0.1) is 0 Å². The van der Waals surface area contributed by atoms with Crippen LogP contribution in [0.25, 0.3) is 0 Å². The number of benzene rings is 1. The molecular formula is C14H22N2. The molecule has 2 nitrogen and oxygen atoms in total. The lowest BCUT2D eigenvalue weighted by atomic mass is 9.91. The Balaban J connectivity index is 1.82. The Hall–Kier alpha value is -0.860. The fraction of sp³-hybridized carbons (Fsp3) is 0.571. The molecule has 0 radical (unpaired) electrons. The molecule has 0 saturated carbocycles. The Bertz CT molecular complexity index is 300. The lowest BCUT2D eigenvalue weighted by Gasteiger charge is -2.36. The molecule has 0 N–H and O–H groups in total. The number of piperidine rings is 1. The Labute approximate surface area is 98.8 Å². The van der Waals surface area contributed by atoms with Crippen LogP contribution in [0.4, 0.5) is 0 Å². The van der Waals surface area contributed by atoms with E-state index in [0.29, 0.717) is 0 Å². The summed E-state index contributed by atoms with van der Waals surface area (Å²) in [5.41, 5.74) is 1.49. The second kappa shape index (κ2) is 5.46. The Morgan fingerprint density at radius 3 is 2.31 bits per heavy atom. The molecule has 0 atom stereocenters. The maximum Gasteiger partial charge on any atom is 0.0135 e. The van der Waals surface area contributed by atoms with Gasteiger partial charge in [0, 0.05) is 27.2 Å². The molecular weight excluding hydrogens is 196 g/mol. The fourth-order valence-corrected chi connectivity index (χ4v) is 2.47. The van der Waals surface area contributed by atoms with Gasteiger partial charge in [-0.25, -0.2) is 10.0 Å². The van der Waals surface area contributed by atoms with Gasteiger partial charge in [0.25, 0.3) is 0 Å². The summed E-state index contributed by atoms with van der Waals surface area (Å²) in [5.74, 6) is 0.874. The first kappa shape index (κ1) is 11.6. The second-order valence-electron chi connectivity index (χ2n) is 4.93. The van der Waals surface area contributed by atoms with Crippen LogP contribution in [0.5, 0.6) is 0 Å². The van der Waals surface area contributed by atoms with Gasteiger partial charge in [-0.2, -0.15) is 0 Å². The van der Waals surface area contributed by atoms with Crippen molar-refractivity contribution in [1.82, 2.24) is 10.0 Å². The molecule has 1 aliphatic heterocycles. The predicted octanol–water partition coefficient (Wildman–Crippen LogP) is 2.42. The molecule has 2 rings (SSSR count). The van der Waals surface area contributed by atoms with Gasteiger partial charge in [0.2, 0.25) is 0 Å². The minimum Gasteiger partial charge on any atom is -0.248 e. The predicted molar refractivity (Wildman–Crippen MR) is 68.1 cm³/mol. The molecule has 0 aliphatic carbocycles. The second-order valence-corrected chi connectivity index (χ2v) is 4.93. The van der Waals surface area contributed by atoms with Gasteiger partial charge >= 0.3 is 0 Å². The van der Waals surface area contributed by atoms with Crippen molar-refractivity contribution in [1.29, 1.82) is 0 Å². The first-order chi connectivity index (χ1) is 7.75. The van der Waals surface area contributed by atoms with E-state index in [1.54, 1.807) is 0 Å². The van der Waals surface area contributed by atoms with Crippen molar-refractivity contribution >= 4 is 0 Å². The van der Waals surface area contributed by atoms with E-state index in [-0.39, 0.29) is 0 Å². The summed E-state index contributed by atoms with van der Waals surface area (Å²) in [7, 11) is 4.27. The van der Waals surface area contributed by atoms with E-state index in [1.165, 1.54) is 37.9 Å². The standard InChI is InChI=1S/C14H22N2/c1-15(2)16-10-8-14(9-11-16)12-13-6-4-3-5-7-13/h3-7,14H,8-12H2,1-2H3. The SMILES string of the molecule is CN(C)N1CCC(Cc2ccccc2)CC1. The Kier molecular flexibility index (Phi) is 3.97. The van der Waals surface area contributed by atoms with Gasteiger partial charge in [0.15, 0.2) is 0 Å². The highest BCUT2D eigenvalue weighted by Crippen LogP contribution is 2.21. The molecule has 0 spiro atoms. The first-order valence-corrected chi connectivity index (χ1v) is 6.22. The van der Waals surface area contributed by atoms with Crippen molar-refractivity contribution in [2.24, 2.45) is 5.92 Å². The van der Waals surface area contributed by atoms with E-state index in [2.05, 4.69) is 54.4 Å². The third kappa shape index (κ3) is 3.06. The van der Waals surface area contributed by atoms with Crippen LogP contribution in [0.15, 0.2) is 30.3 Å². The Morgan fingerprint density at radius 1 is 1.12 bits per heavy atom. The van der Waals surface area contributed by atoms with Crippen LogP contribution in [0, 0.1) is 5.92 Å². The highest BCUT2D eigenvalue weighted by atomic mass is 15.6. The molecule has 1 aromatic rings. The van der Waals surface area contributed by atoms with Crippen molar-refractivity contribution < 1.29 is 0 Å². The van der Waals surface area contributed by atoms with Crippen LogP contribution in [-0.2, 0) is 6.42 Å². The van der Waals surface area contributed by atoms with Crippen molar-refractivity contribution in [3.8, 4) is 0 Å². The van der Waals surface area contributed by atoms with Crippen LogP contribution in [0.3, 0.4) is 0 Å². The highest BCUT2D eigenvalue weighted by molar-refractivity contribution is 5.15. The average Bonchev–Trinajstić information content (AvgIpc) is 2.31. The molecule has 1 aromatic carbocycles. The van der Waals surface area contributed by atoms with Crippen molar-refractivity contribution in [3.63, 3.8) is 0 Å². The molecule has 0 unspecified atom stereocenters. The van der Waals surface area contributed by atoms with Gasteiger partial charge in [0.05, 0.1) is 0 Å². The first-order valence-electron chi connectivity index (χ1n) is 6.22. The molecule has 0 aromatic heterocycles. The van der Waals surface area contributed by atoms with Crippen molar-refractivity contribution in [2.75, 3.05) is 27.2 Å². The summed E-state index contributed by atoms with van der Waals surface area (Å²) in [5, 5.41) is 4.65. The van der Waals surface area contributed by atoms with Gasteiger partial charge in [-0.3, -0.25) is 0 Å². The number of rotatable bonds is 3. The van der Waals surface area contributed by atoms with Crippen molar-refractivity contribution in [2.45, 2.75) is 19.3 Å². The lowest BCUT2D eigenvalue weighted by Crippen LogP contribution is -2.43. The van der Waals surface area contributed by atoms with Gasteiger partial charge in [-0.1, -0.05) is 30.3 Å². The summed E-state index contributed by atoms with van der Waals surface area (Å²) in [4.78, 5) is 0. The number of hydrazine groups is 1. The van der Waals surface area contributed by atoms with Gasteiger partial charge in [0.1, 0.15) is 0 Å². The zero-order valence-corrected chi connectivity index (χ0v) is 10.4. The minimum atomic E-state index is 0.874. The van der Waals surface area contributed by atoms with E-state index in [9.17, 15) is 0 Å². The maximum absolute atomic E-state index is 2.43. The summed E-state index contributed by atoms with van der Waals surface area (Å²) >= 11 is 0. The van der Waals surface area contributed by atoms with E-state index in [4.69, 9.17) is 0 Å².